The molecule has 0 unspecified atom stereocenters. The fourth-order valence-corrected chi connectivity index (χ4v) is 2.33. The third-order valence-corrected chi connectivity index (χ3v) is 3.26. The third-order valence-electron chi connectivity index (χ3n) is 3.26. The van der Waals surface area contributed by atoms with Crippen molar-refractivity contribution < 1.29 is 9.90 Å². The number of para-hydroxylation sites is 1. The monoisotopic (exact) mass is 257 g/mol. The summed E-state index contributed by atoms with van der Waals surface area (Å²) < 4.78 is 1.79. The predicted molar refractivity (Wildman–Crippen MR) is 72.7 cm³/mol. The maximum absolute atomic E-state index is 11.0. The van der Waals surface area contributed by atoms with Gasteiger partial charge in [0.2, 0.25) is 5.78 Å². The minimum Gasteiger partial charge on any atom is -0.477 e. The number of fused-ring (bicyclic) bond motifs is 3. The van der Waals surface area contributed by atoms with Crippen LogP contribution in [0.15, 0.2) is 24.4 Å². The van der Waals surface area contributed by atoms with Crippen molar-refractivity contribution >= 4 is 22.8 Å². The number of imidazole rings is 2. The largest absolute Gasteiger partial charge is 0.477 e. The topological polar surface area (TPSA) is 70.4 Å². The van der Waals surface area contributed by atoms with Crippen LogP contribution in [0.3, 0.4) is 0 Å². The van der Waals surface area contributed by atoms with E-state index in [1.807, 2.05) is 12.1 Å². The summed E-state index contributed by atoms with van der Waals surface area (Å²) in [6.07, 6.45) is 1.57. The second kappa shape index (κ2) is 3.60. The molecule has 3 aromatic rings. The van der Waals surface area contributed by atoms with Crippen molar-refractivity contribution in [1.82, 2.24) is 14.4 Å². The van der Waals surface area contributed by atoms with E-state index in [1.54, 1.807) is 10.6 Å². The van der Waals surface area contributed by atoms with Gasteiger partial charge in [-0.1, -0.05) is 32.9 Å². The standard InChI is InChI=1S/C14H15N3O2/c1-14(2,3)8-5-4-6-10-11(8)16-13-15-9(12(18)19)7-17(10)13/h4-7H,1-3H3,(H,15,16)(H,18,19). The molecule has 0 aliphatic carbocycles. The van der Waals surface area contributed by atoms with Crippen LogP contribution < -0.4 is 0 Å². The number of benzene rings is 1. The molecule has 19 heavy (non-hydrogen) atoms. The molecule has 0 aliphatic rings. The first kappa shape index (κ1) is 11.8. The quantitative estimate of drug-likeness (QED) is 0.704. The Morgan fingerprint density at radius 3 is 2.74 bits per heavy atom. The van der Waals surface area contributed by atoms with Gasteiger partial charge in [-0.25, -0.2) is 9.78 Å². The van der Waals surface area contributed by atoms with Gasteiger partial charge in [0.25, 0.3) is 0 Å². The lowest BCUT2D eigenvalue weighted by molar-refractivity contribution is 0.0691. The number of carbonyl (C=O) groups is 1. The van der Waals surface area contributed by atoms with Crippen molar-refractivity contribution in [2.75, 3.05) is 0 Å². The Morgan fingerprint density at radius 2 is 2.11 bits per heavy atom. The number of nitrogens with one attached hydrogen (secondary N) is 1. The van der Waals surface area contributed by atoms with Crippen molar-refractivity contribution in [2.45, 2.75) is 26.2 Å². The van der Waals surface area contributed by atoms with Gasteiger partial charge in [0.1, 0.15) is 5.69 Å². The van der Waals surface area contributed by atoms with Gasteiger partial charge in [-0.15, -0.1) is 0 Å². The molecule has 2 aromatic heterocycles. The first-order valence-corrected chi connectivity index (χ1v) is 6.11. The summed E-state index contributed by atoms with van der Waals surface area (Å²) in [5.41, 5.74) is 3.13. The number of hydrogen-bond donors (Lipinski definition) is 2. The minimum absolute atomic E-state index is 0.00545. The highest BCUT2D eigenvalue weighted by Crippen LogP contribution is 2.29. The lowest BCUT2D eigenvalue weighted by Crippen LogP contribution is -2.11. The fourth-order valence-electron chi connectivity index (χ4n) is 2.33. The van der Waals surface area contributed by atoms with Crippen molar-refractivity contribution in [3.8, 4) is 0 Å². The molecular weight excluding hydrogens is 242 g/mol. The van der Waals surface area contributed by atoms with E-state index in [4.69, 9.17) is 5.11 Å². The Hall–Kier alpha value is -2.30. The molecule has 2 N–H and O–H groups in total. The van der Waals surface area contributed by atoms with E-state index in [0.717, 1.165) is 16.6 Å². The Labute approximate surface area is 109 Å². The molecule has 0 bridgehead atoms. The van der Waals surface area contributed by atoms with Gasteiger partial charge >= 0.3 is 5.97 Å². The van der Waals surface area contributed by atoms with Crippen molar-refractivity contribution in [2.24, 2.45) is 0 Å². The number of aromatic carboxylic acids is 1. The summed E-state index contributed by atoms with van der Waals surface area (Å²) in [5.74, 6) is -0.422. The average Bonchev–Trinajstić information content (AvgIpc) is 2.83. The molecule has 3 rings (SSSR count). The van der Waals surface area contributed by atoms with Gasteiger partial charge in [-0.05, 0) is 17.0 Å². The highest BCUT2D eigenvalue weighted by molar-refractivity contribution is 5.89. The minimum atomic E-state index is -0.981. The summed E-state index contributed by atoms with van der Waals surface area (Å²) in [5, 5.41) is 8.99. The lowest BCUT2D eigenvalue weighted by atomic mass is 9.86. The highest BCUT2D eigenvalue weighted by atomic mass is 16.4. The van der Waals surface area contributed by atoms with Crippen LogP contribution in [-0.2, 0) is 5.41 Å². The third kappa shape index (κ3) is 1.69. The van der Waals surface area contributed by atoms with Gasteiger partial charge in [-0.2, -0.15) is 0 Å². The van der Waals surface area contributed by atoms with E-state index in [2.05, 4.69) is 36.8 Å². The number of H-pyrrole nitrogens is 1. The van der Waals surface area contributed by atoms with Crippen LogP contribution in [0.4, 0.5) is 0 Å². The van der Waals surface area contributed by atoms with Gasteiger partial charge in [0.05, 0.1) is 11.0 Å². The van der Waals surface area contributed by atoms with Crippen LogP contribution in [0, 0.1) is 0 Å². The van der Waals surface area contributed by atoms with Crippen LogP contribution in [0.25, 0.3) is 16.8 Å². The number of aromatic nitrogens is 3. The van der Waals surface area contributed by atoms with E-state index in [9.17, 15) is 4.79 Å². The van der Waals surface area contributed by atoms with E-state index in [1.165, 1.54) is 0 Å². The molecule has 5 nitrogen and oxygen atoms in total. The predicted octanol–water partition coefficient (Wildman–Crippen LogP) is 2.81. The lowest BCUT2D eigenvalue weighted by Gasteiger charge is -2.19. The summed E-state index contributed by atoms with van der Waals surface area (Å²) >= 11 is 0. The molecule has 1 aromatic carbocycles. The van der Waals surface area contributed by atoms with Crippen LogP contribution in [-0.4, -0.2) is 25.4 Å². The molecule has 2 heterocycles. The Morgan fingerprint density at radius 1 is 1.37 bits per heavy atom. The molecule has 0 amide bonds. The van der Waals surface area contributed by atoms with E-state index >= 15 is 0 Å². The average molecular weight is 257 g/mol. The number of hydrogen-bond acceptors (Lipinski definition) is 2. The first-order chi connectivity index (χ1) is 8.88. The van der Waals surface area contributed by atoms with Crippen LogP contribution in [0.2, 0.25) is 0 Å². The fraction of sp³-hybridized carbons (Fsp3) is 0.286. The molecule has 0 saturated heterocycles. The van der Waals surface area contributed by atoms with Crippen molar-refractivity contribution in [3.05, 3.63) is 35.7 Å². The van der Waals surface area contributed by atoms with Crippen LogP contribution in [0.5, 0.6) is 0 Å². The molecule has 0 atom stereocenters. The van der Waals surface area contributed by atoms with Gasteiger partial charge < -0.3 is 10.1 Å². The Kier molecular flexibility index (Phi) is 2.23. The van der Waals surface area contributed by atoms with Crippen LogP contribution in [0.1, 0.15) is 36.8 Å². The van der Waals surface area contributed by atoms with E-state index in [0.29, 0.717) is 5.78 Å². The second-order valence-electron chi connectivity index (χ2n) is 5.70. The normalized spacial score (nSPS) is 12.4. The SMILES string of the molecule is CC(C)(C)c1cccc2c1nc1[nH]c(C(=O)O)cn12. The highest BCUT2D eigenvalue weighted by Gasteiger charge is 2.20. The van der Waals surface area contributed by atoms with E-state index in [-0.39, 0.29) is 11.1 Å². The summed E-state index contributed by atoms with van der Waals surface area (Å²) in [7, 11) is 0. The maximum Gasteiger partial charge on any atom is 0.353 e. The Balaban J connectivity index is 2.36. The summed E-state index contributed by atoms with van der Waals surface area (Å²) in [4.78, 5) is 18.3. The molecular formula is C14H15N3O2. The van der Waals surface area contributed by atoms with Crippen LogP contribution >= 0.6 is 0 Å². The van der Waals surface area contributed by atoms with E-state index < -0.39 is 5.97 Å². The van der Waals surface area contributed by atoms with Crippen molar-refractivity contribution in [3.63, 3.8) is 0 Å². The second-order valence-corrected chi connectivity index (χ2v) is 5.70. The first-order valence-electron chi connectivity index (χ1n) is 6.11. The molecule has 0 radical (unpaired) electrons. The summed E-state index contributed by atoms with van der Waals surface area (Å²) in [6, 6.07) is 5.99. The molecule has 0 fully saturated rings. The smallest absolute Gasteiger partial charge is 0.353 e. The zero-order valence-corrected chi connectivity index (χ0v) is 11.1. The number of nitrogens with zero attached hydrogens (tertiary/aromatic N) is 2. The Bertz CT molecular complexity index is 790. The summed E-state index contributed by atoms with van der Waals surface area (Å²) in [6.45, 7) is 6.41. The van der Waals surface area contributed by atoms with Crippen molar-refractivity contribution in [1.29, 1.82) is 0 Å². The number of rotatable bonds is 1. The zero-order chi connectivity index (χ0) is 13.8. The molecule has 98 valence electrons. The molecule has 5 heteroatoms. The number of carboxylic acids is 1. The van der Waals surface area contributed by atoms with Gasteiger partial charge in [0.15, 0.2) is 0 Å². The number of carboxylic acid groups (broad SMARTS) is 1. The van der Waals surface area contributed by atoms with Gasteiger partial charge in [0, 0.05) is 6.20 Å². The molecule has 0 saturated carbocycles. The maximum atomic E-state index is 11.0. The zero-order valence-electron chi connectivity index (χ0n) is 11.1. The van der Waals surface area contributed by atoms with Gasteiger partial charge in [-0.3, -0.25) is 4.40 Å². The molecule has 0 aliphatic heterocycles. The molecule has 0 spiro atoms. The number of aromatic amines is 1.